The van der Waals surface area contributed by atoms with Crippen molar-refractivity contribution in [1.82, 2.24) is 4.90 Å². The topological polar surface area (TPSA) is 71.0 Å². The van der Waals surface area contributed by atoms with Crippen LogP contribution in [-0.4, -0.2) is 41.1 Å². The number of carbonyl (C=O) groups is 2. The van der Waals surface area contributed by atoms with Crippen LogP contribution >= 0.6 is 0 Å². The Bertz CT molecular complexity index is 837. The van der Waals surface area contributed by atoms with Gasteiger partial charge in [-0.1, -0.05) is 60.6 Å². The molecule has 1 aliphatic rings. The number of nitrogens with one attached hydrogen (secondary N) is 1. The van der Waals surface area contributed by atoms with E-state index in [1.165, 1.54) is 0 Å². The van der Waals surface area contributed by atoms with Gasteiger partial charge in [-0.2, -0.15) is 0 Å². The lowest BCUT2D eigenvalue weighted by molar-refractivity contribution is -0.147. The number of hydrogen-bond acceptors (Lipinski definition) is 4. The van der Waals surface area contributed by atoms with E-state index in [0.717, 1.165) is 17.7 Å². The first-order valence-electron chi connectivity index (χ1n) is 9.54. The molecule has 2 amide bonds. The summed E-state index contributed by atoms with van der Waals surface area (Å²) in [5.74, 6) is -0.442. The van der Waals surface area contributed by atoms with E-state index in [1.807, 2.05) is 67.6 Å². The number of hydrogen-bond donors (Lipinski definition) is 1. The summed E-state index contributed by atoms with van der Waals surface area (Å²) in [7, 11) is 0. The summed E-state index contributed by atoms with van der Waals surface area (Å²) in [6, 6.07) is 18.3. The molecule has 2 unspecified atom stereocenters. The van der Waals surface area contributed by atoms with Crippen molar-refractivity contribution in [2.75, 3.05) is 11.9 Å². The molecule has 2 aromatic rings. The highest BCUT2D eigenvalue weighted by molar-refractivity contribution is 6.04. The van der Waals surface area contributed by atoms with E-state index in [0.29, 0.717) is 18.7 Å². The van der Waals surface area contributed by atoms with Crippen LogP contribution in [0, 0.1) is 0 Å². The Hall–Kier alpha value is -3.15. The van der Waals surface area contributed by atoms with Gasteiger partial charge >= 0.3 is 0 Å². The quantitative estimate of drug-likeness (QED) is 0.801. The normalized spacial score (nSPS) is 16.6. The number of rotatable bonds is 7. The second-order valence-corrected chi connectivity index (χ2v) is 6.77. The van der Waals surface area contributed by atoms with Crippen molar-refractivity contribution < 1.29 is 14.4 Å². The molecule has 0 spiro atoms. The molecule has 0 radical (unpaired) electrons. The molecule has 28 heavy (non-hydrogen) atoms. The molecule has 1 aliphatic heterocycles. The molecule has 0 saturated carbocycles. The maximum absolute atomic E-state index is 13.1. The Balaban J connectivity index is 1.66. The molecule has 0 aliphatic carbocycles. The molecule has 2 aromatic carbocycles. The van der Waals surface area contributed by atoms with Gasteiger partial charge in [0.15, 0.2) is 0 Å². The molecular weight excluding hydrogens is 354 g/mol. The molecule has 0 saturated heterocycles. The Morgan fingerprint density at radius 2 is 1.79 bits per heavy atom. The van der Waals surface area contributed by atoms with Gasteiger partial charge < -0.3 is 15.1 Å². The maximum Gasteiger partial charge on any atom is 0.267 e. The number of anilines is 1. The first kappa shape index (κ1) is 19.6. The summed E-state index contributed by atoms with van der Waals surface area (Å²) in [5.41, 5.74) is 2.39. The van der Waals surface area contributed by atoms with Crippen LogP contribution in [0.2, 0.25) is 0 Å². The highest BCUT2D eigenvalue weighted by Gasteiger charge is 2.35. The second-order valence-electron chi connectivity index (χ2n) is 6.77. The van der Waals surface area contributed by atoms with E-state index in [2.05, 4.69) is 10.5 Å². The number of carbonyl (C=O) groups excluding carboxylic acids is 2. The fourth-order valence-corrected chi connectivity index (χ4v) is 3.14. The Morgan fingerprint density at radius 1 is 1.14 bits per heavy atom. The smallest absolute Gasteiger partial charge is 0.267 e. The molecule has 0 aromatic heterocycles. The fraction of sp³-hybridized carbons (Fsp3) is 0.318. The van der Waals surface area contributed by atoms with Crippen molar-refractivity contribution in [1.29, 1.82) is 0 Å². The van der Waals surface area contributed by atoms with E-state index in [-0.39, 0.29) is 11.8 Å². The zero-order valence-corrected chi connectivity index (χ0v) is 16.2. The summed E-state index contributed by atoms with van der Waals surface area (Å²) in [5, 5.41) is 6.95. The third-order valence-electron chi connectivity index (χ3n) is 4.69. The molecule has 146 valence electrons. The standard InChI is InChI=1S/C22H25N3O3/c1-3-14-25(16(2)21(26)23-18-12-8-5-9-13-18)22(27)20-15-19(24-28-20)17-10-6-4-7-11-17/h4-13,16,20H,3,14-15H2,1-2H3,(H,23,26). The van der Waals surface area contributed by atoms with Crippen LogP contribution in [0.15, 0.2) is 65.8 Å². The zero-order chi connectivity index (χ0) is 19.9. The maximum atomic E-state index is 13.1. The third kappa shape index (κ3) is 4.57. The zero-order valence-electron chi connectivity index (χ0n) is 16.2. The molecular formula is C22H25N3O3. The van der Waals surface area contributed by atoms with Gasteiger partial charge in [-0.05, 0) is 31.0 Å². The predicted molar refractivity (Wildman–Crippen MR) is 109 cm³/mol. The minimum atomic E-state index is -0.700. The number of amides is 2. The lowest BCUT2D eigenvalue weighted by Gasteiger charge is -2.29. The predicted octanol–water partition coefficient (Wildman–Crippen LogP) is 3.45. The minimum Gasteiger partial charge on any atom is -0.382 e. The van der Waals surface area contributed by atoms with Gasteiger partial charge in [0.1, 0.15) is 6.04 Å². The molecule has 1 N–H and O–H groups in total. The van der Waals surface area contributed by atoms with E-state index >= 15 is 0 Å². The summed E-state index contributed by atoms with van der Waals surface area (Å²) < 4.78 is 0. The van der Waals surface area contributed by atoms with Crippen LogP contribution in [0.25, 0.3) is 0 Å². The third-order valence-corrected chi connectivity index (χ3v) is 4.69. The second kappa shape index (κ2) is 9.17. The lowest BCUT2D eigenvalue weighted by Crippen LogP contribution is -2.49. The number of oxime groups is 1. The van der Waals surface area contributed by atoms with Crippen molar-refractivity contribution in [2.45, 2.75) is 38.8 Å². The van der Waals surface area contributed by atoms with Crippen LogP contribution in [0.4, 0.5) is 5.69 Å². The fourth-order valence-electron chi connectivity index (χ4n) is 3.14. The van der Waals surface area contributed by atoms with Crippen LogP contribution in [0.1, 0.15) is 32.3 Å². The first-order valence-corrected chi connectivity index (χ1v) is 9.54. The summed E-state index contributed by atoms with van der Waals surface area (Å²) in [6.07, 6.45) is 0.443. The van der Waals surface area contributed by atoms with Gasteiger partial charge in [0.05, 0.1) is 5.71 Å². The van der Waals surface area contributed by atoms with Gasteiger partial charge in [0.25, 0.3) is 5.91 Å². The Kier molecular flexibility index (Phi) is 6.42. The summed E-state index contributed by atoms with van der Waals surface area (Å²) in [6.45, 7) is 4.19. The molecule has 0 bridgehead atoms. The molecule has 0 fully saturated rings. The van der Waals surface area contributed by atoms with Crippen LogP contribution in [0.3, 0.4) is 0 Å². The number of nitrogens with zero attached hydrogens (tertiary/aromatic N) is 2. The molecule has 3 rings (SSSR count). The molecule has 2 atom stereocenters. The highest BCUT2D eigenvalue weighted by atomic mass is 16.6. The Morgan fingerprint density at radius 3 is 2.43 bits per heavy atom. The molecule has 6 nitrogen and oxygen atoms in total. The van der Waals surface area contributed by atoms with Crippen LogP contribution < -0.4 is 5.32 Å². The minimum absolute atomic E-state index is 0.216. The van der Waals surface area contributed by atoms with Gasteiger partial charge in [-0.15, -0.1) is 0 Å². The monoisotopic (exact) mass is 379 g/mol. The van der Waals surface area contributed by atoms with Gasteiger partial charge in [-0.3, -0.25) is 9.59 Å². The Labute approximate surface area is 165 Å². The van der Waals surface area contributed by atoms with Gasteiger partial charge in [-0.25, -0.2) is 0 Å². The SMILES string of the molecule is CCCN(C(=O)C1CC(c2ccccc2)=NO1)C(C)C(=O)Nc1ccccc1. The number of para-hydroxylation sites is 1. The van der Waals surface area contributed by atoms with Crippen LogP contribution in [0.5, 0.6) is 0 Å². The average molecular weight is 379 g/mol. The van der Waals surface area contributed by atoms with Crippen molar-refractivity contribution in [3.8, 4) is 0 Å². The molecule has 1 heterocycles. The van der Waals surface area contributed by atoms with Crippen molar-refractivity contribution in [3.63, 3.8) is 0 Å². The van der Waals surface area contributed by atoms with Gasteiger partial charge in [0.2, 0.25) is 12.0 Å². The largest absolute Gasteiger partial charge is 0.382 e. The van der Waals surface area contributed by atoms with Crippen molar-refractivity contribution in [3.05, 3.63) is 66.2 Å². The van der Waals surface area contributed by atoms with Gasteiger partial charge in [0, 0.05) is 18.7 Å². The average Bonchev–Trinajstić information content (AvgIpc) is 3.23. The van der Waals surface area contributed by atoms with Crippen molar-refractivity contribution >= 4 is 23.2 Å². The summed E-state index contributed by atoms with van der Waals surface area (Å²) >= 11 is 0. The molecule has 6 heteroatoms. The van der Waals surface area contributed by atoms with E-state index in [9.17, 15) is 9.59 Å². The number of benzene rings is 2. The first-order chi connectivity index (χ1) is 13.6. The lowest BCUT2D eigenvalue weighted by atomic mass is 10.0. The van der Waals surface area contributed by atoms with E-state index < -0.39 is 12.1 Å². The highest BCUT2D eigenvalue weighted by Crippen LogP contribution is 2.20. The summed E-state index contributed by atoms with van der Waals surface area (Å²) in [4.78, 5) is 32.7. The van der Waals surface area contributed by atoms with Crippen molar-refractivity contribution in [2.24, 2.45) is 5.16 Å². The van der Waals surface area contributed by atoms with E-state index in [4.69, 9.17) is 4.84 Å². The van der Waals surface area contributed by atoms with Crippen LogP contribution in [-0.2, 0) is 14.4 Å². The van der Waals surface area contributed by atoms with E-state index in [1.54, 1.807) is 11.8 Å².